The first-order valence-corrected chi connectivity index (χ1v) is 6.00. The summed E-state index contributed by atoms with van der Waals surface area (Å²) in [6.07, 6.45) is 0.375. The van der Waals surface area contributed by atoms with Gasteiger partial charge in [-0.3, -0.25) is 4.79 Å². The second kappa shape index (κ2) is 5.22. The van der Waals surface area contributed by atoms with Crippen LogP contribution in [0.3, 0.4) is 0 Å². The molecule has 0 saturated carbocycles. The molecule has 18 heavy (non-hydrogen) atoms. The molecule has 1 aromatic carbocycles. The van der Waals surface area contributed by atoms with Gasteiger partial charge in [0.1, 0.15) is 16.0 Å². The molecule has 0 spiro atoms. The first-order valence-electron chi connectivity index (χ1n) is 5.21. The third-order valence-corrected chi connectivity index (χ3v) is 3.16. The number of aromatic amines is 1. The van der Waals surface area contributed by atoms with Crippen LogP contribution in [0.4, 0.5) is 0 Å². The van der Waals surface area contributed by atoms with E-state index in [1.165, 1.54) is 0 Å². The molecule has 0 radical (unpaired) electrons. The molecule has 0 aliphatic heterocycles. The van der Waals surface area contributed by atoms with E-state index < -0.39 is 5.56 Å². The lowest BCUT2D eigenvalue weighted by atomic mass is 10.1. The summed E-state index contributed by atoms with van der Waals surface area (Å²) in [6, 6.07) is 7.43. The van der Waals surface area contributed by atoms with E-state index in [1.807, 2.05) is 24.3 Å². The number of nitrogens with one attached hydrogen (secondary N) is 1. The summed E-state index contributed by atoms with van der Waals surface area (Å²) in [5.74, 6) is 0.774. The SMILES string of the molecule is COc1ccccc1Cc1nc(O)c(Br)c(=O)[nH]1. The predicted octanol–water partition coefficient (Wildman–Crippen LogP) is 1.84. The number of benzene rings is 1. The lowest BCUT2D eigenvalue weighted by Gasteiger charge is -2.07. The molecular weight excluding hydrogens is 300 g/mol. The highest BCUT2D eigenvalue weighted by molar-refractivity contribution is 9.10. The van der Waals surface area contributed by atoms with Gasteiger partial charge in [0, 0.05) is 12.0 Å². The van der Waals surface area contributed by atoms with Crippen molar-refractivity contribution in [1.29, 1.82) is 0 Å². The zero-order valence-corrected chi connectivity index (χ0v) is 11.2. The van der Waals surface area contributed by atoms with Crippen molar-refractivity contribution in [3.63, 3.8) is 0 Å². The van der Waals surface area contributed by atoms with E-state index >= 15 is 0 Å². The van der Waals surface area contributed by atoms with Crippen molar-refractivity contribution in [2.24, 2.45) is 0 Å². The molecule has 1 heterocycles. The van der Waals surface area contributed by atoms with Crippen molar-refractivity contribution in [3.05, 3.63) is 50.5 Å². The molecule has 2 N–H and O–H groups in total. The largest absolute Gasteiger partial charge is 0.496 e. The fourth-order valence-electron chi connectivity index (χ4n) is 1.61. The molecular formula is C12H11BrN2O3. The third kappa shape index (κ3) is 2.53. The van der Waals surface area contributed by atoms with Crippen LogP contribution in [0.1, 0.15) is 11.4 Å². The molecule has 0 saturated heterocycles. The number of hydrogen-bond acceptors (Lipinski definition) is 4. The third-order valence-electron chi connectivity index (χ3n) is 2.44. The van der Waals surface area contributed by atoms with Crippen molar-refractivity contribution in [2.45, 2.75) is 6.42 Å². The number of hydrogen-bond donors (Lipinski definition) is 2. The van der Waals surface area contributed by atoms with E-state index in [9.17, 15) is 9.90 Å². The summed E-state index contributed by atoms with van der Waals surface area (Å²) in [4.78, 5) is 18.0. The zero-order chi connectivity index (χ0) is 13.1. The molecule has 2 rings (SSSR count). The van der Waals surface area contributed by atoms with Crippen LogP contribution in [0, 0.1) is 0 Å². The summed E-state index contributed by atoms with van der Waals surface area (Å²) >= 11 is 2.95. The molecule has 0 bridgehead atoms. The molecule has 6 heteroatoms. The Morgan fingerprint density at radius 3 is 2.83 bits per heavy atom. The van der Waals surface area contributed by atoms with Crippen LogP contribution in [0.5, 0.6) is 11.6 Å². The average molecular weight is 311 g/mol. The number of ether oxygens (including phenoxy) is 1. The van der Waals surface area contributed by atoms with Crippen molar-refractivity contribution >= 4 is 15.9 Å². The van der Waals surface area contributed by atoms with E-state index in [0.717, 1.165) is 5.56 Å². The van der Waals surface area contributed by atoms with Gasteiger partial charge in [-0.25, -0.2) is 0 Å². The molecule has 0 aliphatic carbocycles. The lowest BCUT2D eigenvalue weighted by molar-refractivity contribution is 0.409. The minimum atomic E-state index is -0.410. The number of aromatic hydroxyl groups is 1. The number of para-hydroxylation sites is 1. The molecule has 0 unspecified atom stereocenters. The predicted molar refractivity (Wildman–Crippen MR) is 70.0 cm³/mol. The van der Waals surface area contributed by atoms with Gasteiger partial charge in [0.15, 0.2) is 0 Å². The Morgan fingerprint density at radius 2 is 2.17 bits per heavy atom. The molecule has 0 amide bonds. The zero-order valence-electron chi connectivity index (χ0n) is 9.61. The Kier molecular flexibility index (Phi) is 3.66. The molecule has 0 fully saturated rings. The molecule has 5 nitrogen and oxygen atoms in total. The summed E-state index contributed by atoms with van der Waals surface area (Å²) < 4.78 is 5.24. The van der Waals surface area contributed by atoms with Crippen molar-refractivity contribution < 1.29 is 9.84 Å². The van der Waals surface area contributed by atoms with Crippen LogP contribution in [0.15, 0.2) is 33.5 Å². The maximum atomic E-state index is 11.5. The van der Waals surface area contributed by atoms with Gasteiger partial charge >= 0.3 is 0 Å². The first kappa shape index (κ1) is 12.6. The summed E-state index contributed by atoms with van der Waals surface area (Å²) in [7, 11) is 1.58. The van der Waals surface area contributed by atoms with Gasteiger partial charge in [-0.1, -0.05) is 18.2 Å². The minimum absolute atomic E-state index is 0.0336. The van der Waals surface area contributed by atoms with Crippen LogP contribution in [0.25, 0.3) is 0 Å². The Balaban J connectivity index is 2.37. The molecule has 94 valence electrons. The Morgan fingerprint density at radius 1 is 1.44 bits per heavy atom. The number of methoxy groups -OCH3 is 1. The van der Waals surface area contributed by atoms with Gasteiger partial charge in [-0.15, -0.1) is 0 Å². The summed E-state index contributed by atoms with van der Waals surface area (Å²) in [5, 5.41) is 9.48. The number of H-pyrrole nitrogens is 1. The van der Waals surface area contributed by atoms with E-state index in [0.29, 0.717) is 18.0 Å². The van der Waals surface area contributed by atoms with Crippen molar-refractivity contribution in [1.82, 2.24) is 9.97 Å². The second-order valence-electron chi connectivity index (χ2n) is 3.64. The second-order valence-corrected chi connectivity index (χ2v) is 4.43. The highest BCUT2D eigenvalue weighted by Gasteiger charge is 2.10. The van der Waals surface area contributed by atoms with Gasteiger partial charge in [0.25, 0.3) is 5.56 Å². The molecule has 0 aliphatic rings. The molecule has 1 aromatic heterocycles. The van der Waals surface area contributed by atoms with Crippen LogP contribution in [-0.2, 0) is 6.42 Å². The quantitative estimate of drug-likeness (QED) is 0.907. The number of halogens is 1. The highest BCUT2D eigenvalue weighted by Crippen LogP contribution is 2.21. The van der Waals surface area contributed by atoms with Crippen molar-refractivity contribution in [3.8, 4) is 11.6 Å². The number of aromatic nitrogens is 2. The van der Waals surface area contributed by atoms with Crippen LogP contribution in [-0.4, -0.2) is 22.2 Å². The normalized spacial score (nSPS) is 10.3. The Bertz CT molecular complexity index is 625. The minimum Gasteiger partial charge on any atom is -0.496 e. The molecule has 0 atom stereocenters. The number of rotatable bonds is 3. The van der Waals surface area contributed by atoms with Crippen LogP contribution < -0.4 is 10.3 Å². The smallest absolute Gasteiger partial charge is 0.269 e. The van der Waals surface area contributed by atoms with E-state index in [4.69, 9.17) is 4.74 Å². The number of nitrogens with zero attached hydrogens (tertiary/aromatic N) is 1. The van der Waals surface area contributed by atoms with Gasteiger partial charge in [-0.2, -0.15) is 4.98 Å². The molecule has 2 aromatic rings. The standard InChI is InChI=1S/C12H11BrN2O3/c1-18-8-5-3-2-4-7(8)6-9-14-11(16)10(13)12(17)15-9/h2-5H,6H2,1H3,(H2,14,15,16,17). The van der Waals surface area contributed by atoms with Crippen LogP contribution in [0.2, 0.25) is 0 Å². The fraction of sp³-hybridized carbons (Fsp3) is 0.167. The summed E-state index contributed by atoms with van der Waals surface area (Å²) in [6.45, 7) is 0. The lowest BCUT2D eigenvalue weighted by Crippen LogP contribution is -2.12. The maximum absolute atomic E-state index is 11.5. The highest BCUT2D eigenvalue weighted by atomic mass is 79.9. The Hall–Kier alpha value is -1.82. The first-order chi connectivity index (χ1) is 8.61. The fourth-order valence-corrected chi connectivity index (χ4v) is 1.79. The van der Waals surface area contributed by atoms with Crippen LogP contribution >= 0.6 is 15.9 Å². The topological polar surface area (TPSA) is 75.2 Å². The maximum Gasteiger partial charge on any atom is 0.269 e. The van der Waals surface area contributed by atoms with E-state index in [2.05, 4.69) is 25.9 Å². The van der Waals surface area contributed by atoms with Crippen molar-refractivity contribution in [2.75, 3.05) is 7.11 Å². The average Bonchev–Trinajstić information content (AvgIpc) is 2.36. The van der Waals surface area contributed by atoms with E-state index in [1.54, 1.807) is 7.11 Å². The van der Waals surface area contributed by atoms with Gasteiger partial charge in [0.2, 0.25) is 5.88 Å². The van der Waals surface area contributed by atoms with Gasteiger partial charge in [-0.05, 0) is 22.0 Å². The summed E-state index contributed by atoms with van der Waals surface area (Å²) in [5.41, 5.74) is 0.470. The van der Waals surface area contributed by atoms with Gasteiger partial charge < -0.3 is 14.8 Å². The monoisotopic (exact) mass is 310 g/mol. The van der Waals surface area contributed by atoms with Gasteiger partial charge in [0.05, 0.1) is 7.11 Å². The Labute approximate surface area is 112 Å². The van der Waals surface area contributed by atoms with E-state index in [-0.39, 0.29) is 10.4 Å².